The monoisotopic (exact) mass is 391 g/mol. The summed E-state index contributed by atoms with van der Waals surface area (Å²) in [6, 6.07) is 10.4. The first-order valence-corrected chi connectivity index (χ1v) is 9.26. The van der Waals surface area contributed by atoms with Crippen LogP contribution in [0.2, 0.25) is 0 Å². The van der Waals surface area contributed by atoms with Crippen LogP contribution in [0.15, 0.2) is 42.5 Å². The number of hydrogen-bond acceptors (Lipinski definition) is 3. The van der Waals surface area contributed by atoms with Crippen LogP contribution in [-0.4, -0.2) is 41.8 Å². The molecule has 1 heterocycles. The summed E-state index contributed by atoms with van der Waals surface area (Å²) in [4.78, 5) is 13.4. The van der Waals surface area contributed by atoms with Crippen LogP contribution in [0, 0.1) is 0 Å². The van der Waals surface area contributed by atoms with Crippen LogP contribution in [0.5, 0.6) is 5.75 Å². The highest BCUT2D eigenvalue weighted by Gasteiger charge is 2.60. The van der Waals surface area contributed by atoms with Gasteiger partial charge in [-0.2, -0.15) is 13.2 Å². The number of alkyl halides is 3. The van der Waals surface area contributed by atoms with E-state index in [-0.39, 0.29) is 29.4 Å². The van der Waals surface area contributed by atoms with Crippen molar-refractivity contribution in [2.24, 2.45) is 0 Å². The second kappa shape index (κ2) is 6.81. The van der Waals surface area contributed by atoms with Gasteiger partial charge >= 0.3 is 6.18 Å². The molecule has 148 valence electrons. The number of likely N-dealkylation sites (tertiary alicyclic amines) is 1. The van der Waals surface area contributed by atoms with Gasteiger partial charge in [0.15, 0.2) is 0 Å². The van der Waals surface area contributed by atoms with Gasteiger partial charge in [0.1, 0.15) is 5.75 Å². The maximum Gasteiger partial charge on any atom is 0.425 e. The minimum Gasteiger partial charge on any atom is -0.494 e. The second-order valence-electron chi connectivity index (χ2n) is 7.15. The molecule has 2 aromatic rings. The molecule has 1 aliphatic heterocycles. The molecule has 7 heteroatoms. The normalized spacial score (nSPS) is 21.0. The van der Waals surface area contributed by atoms with Crippen molar-refractivity contribution in [1.82, 2.24) is 4.90 Å². The van der Waals surface area contributed by atoms with E-state index in [1.54, 1.807) is 29.2 Å². The van der Waals surface area contributed by atoms with Crippen molar-refractivity contribution in [3.8, 4) is 16.9 Å². The molecular formula is C21H20F3NO3. The number of nitrogens with zero attached hydrogens (tertiary/aromatic N) is 1. The number of carbonyl (C=O) groups excluding carboxylic acids is 1. The summed E-state index contributed by atoms with van der Waals surface area (Å²) in [5.41, 5.74) is -2.71. The van der Waals surface area contributed by atoms with Crippen molar-refractivity contribution in [1.29, 1.82) is 0 Å². The third-order valence-electron chi connectivity index (χ3n) is 5.41. The molecule has 1 atom stereocenters. The zero-order valence-electron chi connectivity index (χ0n) is 15.1. The molecule has 28 heavy (non-hydrogen) atoms. The van der Waals surface area contributed by atoms with E-state index in [2.05, 4.69) is 0 Å². The van der Waals surface area contributed by atoms with E-state index in [1.165, 1.54) is 18.2 Å². The maximum absolute atomic E-state index is 13.8. The van der Waals surface area contributed by atoms with Crippen molar-refractivity contribution in [2.75, 3.05) is 19.7 Å². The molecule has 1 aliphatic carbocycles. The van der Waals surface area contributed by atoms with Crippen molar-refractivity contribution in [3.63, 3.8) is 0 Å². The van der Waals surface area contributed by atoms with Crippen LogP contribution in [0.3, 0.4) is 0 Å². The molecule has 1 unspecified atom stereocenters. The molecule has 0 spiro atoms. The van der Waals surface area contributed by atoms with Gasteiger partial charge in [0.25, 0.3) is 0 Å². The number of aliphatic hydroxyl groups is 1. The number of rotatable bonds is 5. The average molecular weight is 391 g/mol. The van der Waals surface area contributed by atoms with E-state index in [9.17, 15) is 23.1 Å². The van der Waals surface area contributed by atoms with Gasteiger partial charge < -0.3 is 14.7 Å². The van der Waals surface area contributed by atoms with Gasteiger partial charge in [-0.05, 0) is 36.1 Å². The number of ether oxygens (including phenoxy) is 1. The largest absolute Gasteiger partial charge is 0.494 e. The Hall–Kier alpha value is -2.54. The fraction of sp³-hybridized carbons (Fsp3) is 0.381. The highest BCUT2D eigenvalue weighted by Crippen LogP contribution is 2.55. The molecular weight excluding hydrogens is 371 g/mol. The quantitative estimate of drug-likeness (QED) is 0.788. The van der Waals surface area contributed by atoms with E-state index >= 15 is 0 Å². The van der Waals surface area contributed by atoms with Gasteiger partial charge in [-0.1, -0.05) is 30.3 Å². The lowest BCUT2D eigenvalue weighted by Crippen LogP contribution is -2.41. The van der Waals surface area contributed by atoms with E-state index in [0.717, 1.165) is 13.0 Å². The highest BCUT2D eigenvalue weighted by atomic mass is 19.4. The first-order valence-electron chi connectivity index (χ1n) is 9.26. The van der Waals surface area contributed by atoms with Crippen molar-refractivity contribution < 1.29 is 27.8 Å². The first-order chi connectivity index (χ1) is 13.3. The Bertz CT molecular complexity index is 912. The minimum atomic E-state index is -4.86. The molecule has 4 rings (SSSR count). The Kier molecular flexibility index (Phi) is 4.57. The molecule has 1 saturated heterocycles. The lowest BCUT2D eigenvalue weighted by molar-refractivity contribution is -0.246. The summed E-state index contributed by atoms with van der Waals surface area (Å²) in [6.45, 7) is 1.59. The van der Waals surface area contributed by atoms with Crippen LogP contribution in [0.1, 0.15) is 30.4 Å². The van der Waals surface area contributed by atoms with Gasteiger partial charge in [-0.25, -0.2) is 0 Å². The third-order valence-corrected chi connectivity index (χ3v) is 5.41. The van der Waals surface area contributed by atoms with E-state index in [0.29, 0.717) is 30.5 Å². The fourth-order valence-electron chi connectivity index (χ4n) is 4.02. The number of halogens is 3. The number of carbonyl (C=O) groups is 1. The molecule has 1 fully saturated rings. The van der Waals surface area contributed by atoms with Gasteiger partial charge in [0.05, 0.1) is 6.61 Å². The van der Waals surface area contributed by atoms with Crippen LogP contribution in [-0.2, 0) is 10.4 Å². The van der Waals surface area contributed by atoms with Gasteiger partial charge in [0, 0.05) is 30.6 Å². The molecule has 2 aliphatic rings. The Balaban J connectivity index is 1.54. The van der Waals surface area contributed by atoms with E-state index in [4.69, 9.17) is 4.74 Å². The minimum absolute atomic E-state index is 0.130. The topological polar surface area (TPSA) is 49.8 Å². The fourth-order valence-corrected chi connectivity index (χ4v) is 4.02. The summed E-state index contributed by atoms with van der Waals surface area (Å²) in [7, 11) is 0. The summed E-state index contributed by atoms with van der Waals surface area (Å²) in [6.07, 6.45) is -2.83. The zero-order valence-corrected chi connectivity index (χ0v) is 15.1. The average Bonchev–Trinajstić information content (AvgIpc) is 3.19. The molecule has 0 saturated carbocycles. The smallest absolute Gasteiger partial charge is 0.425 e. The molecule has 0 aromatic heterocycles. The Labute approximate surface area is 160 Å². The zero-order chi connectivity index (χ0) is 19.9. The molecule has 2 aromatic carbocycles. The van der Waals surface area contributed by atoms with Crippen LogP contribution >= 0.6 is 0 Å². The van der Waals surface area contributed by atoms with Crippen LogP contribution in [0.25, 0.3) is 11.1 Å². The summed E-state index contributed by atoms with van der Waals surface area (Å²) < 4.78 is 47.1. The predicted octanol–water partition coefficient (Wildman–Crippen LogP) is 3.86. The lowest BCUT2D eigenvalue weighted by Gasteiger charge is -2.28. The summed E-state index contributed by atoms with van der Waals surface area (Å²) >= 11 is 0. The highest BCUT2D eigenvalue weighted by molar-refractivity contribution is 5.81. The Morgan fingerprint density at radius 3 is 2.57 bits per heavy atom. The molecule has 1 amide bonds. The second-order valence-corrected chi connectivity index (χ2v) is 7.15. The SMILES string of the molecule is O=C1CCCN1CCCOc1ccc2c(c1)C(O)(C(F)(F)F)c1ccccc1-2. The maximum atomic E-state index is 13.8. The number of hydrogen-bond donors (Lipinski definition) is 1. The lowest BCUT2D eigenvalue weighted by atomic mass is 9.91. The number of amides is 1. The molecule has 4 nitrogen and oxygen atoms in total. The standard InChI is InChI=1S/C21H20F3NO3/c22-21(23,24)20(27)17-6-2-1-5-15(17)16-9-8-14(13-18(16)20)28-12-4-11-25-10-3-7-19(25)26/h1-2,5-6,8-9,13,27H,3-4,7,10-12H2. The van der Waals surface area contributed by atoms with Gasteiger partial charge in [-0.3, -0.25) is 4.79 Å². The van der Waals surface area contributed by atoms with Crippen molar-refractivity contribution in [2.45, 2.75) is 31.0 Å². The van der Waals surface area contributed by atoms with E-state index < -0.39 is 11.8 Å². The first kappa shape index (κ1) is 18.8. The molecule has 1 N–H and O–H groups in total. The molecule has 0 radical (unpaired) electrons. The predicted molar refractivity (Wildman–Crippen MR) is 96.9 cm³/mol. The van der Waals surface area contributed by atoms with Gasteiger partial charge in [0.2, 0.25) is 11.5 Å². The summed E-state index contributed by atoms with van der Waals surface area (Å²) in [5, 5.41) is 10.7. The Morgan fingerprint density at radius 1 is 1.11 bits per heavy atom. The van der Waals surface area contributed by atoms with Crippen LogP contribution in [0.4, 0.5) is 13.2 Å². The Morgan fingerprint density at radius 2 is 1.86 bits per heavy atom. The summed E-state index contributed by atoms with van der Waals surface area (Å²) in [5.74, 6) is 0.396. The van der Waals surface area contributed by atoms with Crippen LogP contribution < -0.4 is 4.74 Å². The van der Waals surface area contributed by atoms with Gasteiger partial charge in [-0.15, -0.1) is 0 Å². The third kappa shape index (κ3) is 2.94. The van der Waals surface area contributed by atoms with E-state index in [1.807, 2.05) is 0 Å². The molecule has 0 bridgehead atoms. The number of fused-ring (bicyclic) bond motifs is 3. The van der Waals surface area contributed by atoms with Crippen molar-refractivity contribution >= 4 is 5.91 Å². The van der Waals surface area contributed by atoms with Crippen molar-refractivity contribution in [3.05, 3.63) is 53.6 Å². The number of benzene rings is 2.